The summed E-state index contributed by atoms with van der Waals surface area (Å²) in [7, 11) is -3.80. The highest BCUT2D eigenvalue weighted by Crippen LogP contribution is 2.23. The Hall–Kier alpha value is -2.69. The second-order valence-electron chi connectivity index (χ2n) is 9.24. The van der Waals surface area contributed by atoms with Crippen molar-refractivity contribution in [1.82, 2.24) is 10.2 Å². The van der Waals surface area contributed by atoms with E-state index in [2.05, 4.69) is 37.2 Å². The topological polar surface area (TPSA) is 86.8 Å². The van der Waals surface area contributed by atoms with Crippen molar-refractivity contribution in [1.29, 1.82) is 0 Å². The summed E-state index contributed by atoms with van der Waals surface area (Å²) in [5.74, 6) is -0.745. The molecule has 0 aliphatic heterocycles. The number of halogens is 2. The van der Waals surface area contributed by atoms with Crippen LogP contribution in [0.15, 0.2) is 87.8 Å². The molecule has 3 rings (SSSR count). The van der Waals surface area contributed by atoms with Crippen LogP contribution in [0.3, 0.4) is 0 Å². The van der Waals surface area contributed by atoms with E-state index in [9.17, 15) is 18.0 Å². The van der Waals surface area contributed by atoms with E-state index in [1.807, 2.05) is 61.5 Å². The minimum absolute atomic E-state index is 0.142. The molecule has 0 saturated heterocycles. The second-order valence-corrected chi connectivity index (χ2v) is 13.0. The zero-order valence-electron chi connectivity index (χ0n) is 22.0. The van der Waals surface area contributed by atoms with Crippen molar-refractivity contribution in [2.24, 2.45) is 0 Å². The molecule has 0 aliphatic carbocycles. The van der Waals surface area contributed by atoms with E-state index in [0.717, 1.165) is 43.5 Å². The first-order chi connectivity index (χ1) is 18.6. The average molecular weight is 679 g/mol. The number of carbonyl (C=O) groups is 2. The van der Waals surface area contributed by atoms with Crippen LogP contribution in [0.5, 0.6) is 0 Å². The van der Waals surface area contributed by atoms with E-state index < -0.39 is 28.5 Å². The van der Waals surface area contributed by atoms with Gasteiger partial charge in [-0.3, -0.25) is 13.9 Å². The zero-order valence-corrected chi connectivity index (χ0v) is 26.0. The van der Waals surface area contributed by atoms with E-state index in [0.29, 0.717) is 12.2 Å². The summed E-state index contributed by atoms with van der Waals surface area (Å²) in [6.07, 6.45) is 3.09. The van der Waals surface area contributed by atoms with Gasteiger partial charge in [0.1, 0.15) is 12.6 Å². The Morgan fingerprint density at radius 1 is 0.872 bits per heavy atom. The number of benzene rings is 3. The number of nitrogens with one attached hydrogen (secondary N) is 1. The molecule has 0 spiro atoms. The van der Waals surface area contributed by atoms with Crippen molar-refractivity contribution >= 4 is 59.4 Å². The van der Waals surface area contributed by atoms with E-state index in [1.165, 1.54) is 4.90 Å². The van der Waals surface area contributed by atoms with Crippen LogP contribution < -0.4 is 9.62 Å². The molecule has 1 N–H and O–H groups in total. The van der Waals surface area contributed by atoms with Crippen molar-refractivity contribution in [2.45, 2.75) is 38.8 Å². The molecular formula is C29H33Br2N3O4S. The van der Waals surface area contributed by atoms with Crippen LogP contribution in [-0.4, -0.2) is 50.5 Å². The van der Waals surface area contributed by atoms with Gasteiger partial charge in [0, 0.05) is 28.5 Å². The van der Waals surface area contributed by atoms with Crippen molar-refractivity contribution < 1.29 is 18.0 Å². The maximum atomic E-state index is 14.0. The Bertz CT molecular complexity index is 1340. The lowest BCUT2D eigenvalue weighted by Gasteiger charge is -2.33. The average Bonchev–Trinajstić information content (AvgIpc) is 2.91. The minimum Gasteiger partial charge on any atom is -0.354 e. The number of nitrogens with zero attached hydrogens (tertiary/aromatic N) is 2. The molecule has 0 aliphatic rings. The SMILES string of the molecule is CCCCNC(=O)[C@H](Cc1ccccc1)N(Cc1ccc(Br)cc1)C(=O)CN(c1ccc(Br)cc1)S(C)(=O)=O. The lowest BCUT2D eigenvalue weighted by atomic mass is 10.0. The molecule has 1 atom stereocenters. The Morgan fingerprint density at radius 2 is 1.46 bits per heavy atom. The first-order valence-electron chi connectivity index (χ1n) is 12.7. The van der Waals surface area contributed by atoms with E-state index >= 15 is 0 Å². The number of amides is 2. The quantitative estimate of drug-likeness (QED) is 0.241. The van der Waals surface area contributed by atoms with Crippen molar-refractivity contribution in [3.8, 4) is 0 Å². The summed E-state index contributed by atoms with van der Waals surface area (Å²) in [4.78, 5) is 29.0. The van der Waals surface area contributed by atoms with Crippen LogP contribution in [0, 0.1) is 0 Å². The molecule has 0 radical (unpaired) electrons. The largest absolute Gasteiger partial charge is 0.354 e. The lowest BCUT2D eigenvalue weighted by molar-refractivity contribution is -0.140. The van der Waals surface area contributed by atoms with Crippen LogP contribution in [0.1, 0.15) is 30.9 Å². The third-order valence-electron chi connectivity index (χ3n) is 6.16. The predicted octanol–water partition coefficient (Wildman–Crippen LogP) is 5.53. The third kappa shape index (κ3) is 9.47. The summed E-state index contributed by atoms with van der Waals surface area (Å²) in [6.45, 7) is 2.24. The van der Waals surface area contributed by atoms with Gasteiger partial charge in [0.15, 0.2) is 0 Å². The van der Waals surface area contributed by atoms with Gasteiger partial charge in [-0.1, -0.05) is 87.7 Å². The lowest BCUT2D eigenvalue weighted by Crippen LogP contribution is -2.53. The van der Waals surface area contributed by atoms with E-state index in [1.54, 1.807) is 24.3 Å². The highest BCUT2D eigenvalue weighted by molar-refractivity contribution is 9.10. The van der Waals surface area contributed by atoms with Gasteiger partial charge in [0.25, 0.3) is 0 Å². The molecular weight excluding hydrogens is 646 g/mol. The van der Waals surface area contributed by atoms with Crippen LogP contribution >= 0.6 is 31.9 Å². The number of hydrogen-bond donors (Lipinski definition) is 1. The van der Waals surface area contributed by atoms with E-state index in [4.69, 9.17) is 0 Å². The molecule has 3 aromatic rings. The van der Waals surface area contributed by atoms with Gasteiger partial charge in [-0.25, -0.2) is 8.42 Å². The van der Waals surface area contributed by atoms with Gasteiger partial charge in [-0.2, -0.15) is 0 Å². The minimum atomic E-state index is -3.80. The fourth-order valence-electron chi connectivity index (χ4n) is 4.07. The number of anilines is 1. The molecule has 3 aromatic carbocycles. The standard InChI is InChI=1S/C29H33Br2N3O4S/c1-3-4-18-32-29(36)27(19-22-8-6-5-7-9-22)33(20-23-10-12-24(30)13-11-23)28(35)21-34(39(2,37)38)26-16-14-25(31)15-17-26/h5-17,27H,3-4,18-21H2,1-2H3,(H,32,36)/t27-/m0/s1. The highest BCUT2D eigenvalue weighted by Gasteiger charge is 2.32. The van der Waals surface area contributed by atoms with Gasteiger partial charge in [0.05, 0.1) is 11.9 Å². The van der Waals surface area contributed by atoms with Gasteiger partial charge in [-0.15, -0.1) is 0 Å². The molecule has 39 heavy (non-hydrogen) atoms. The fraction of sp³-hybridized carbons (Fsp3) is 0.310. The zero-order chi connectivity index (χ0) is 28.4. The summed E-state index contributed by atoms with van der Waals surface area (Å²) in [6, 6.07) is 22.9. The first-order valence-corrected chi connectivity index (χ1v) is 16.1. The number of carbonyl (C=O) groups excluding carboxylic acids is 2. The summed E-state index contributed by atoms with van der Waals surface area (Å²) in [5, 5.41) is 2.98. The van der Waals surface area contributed by atoms with Crippen molar-refractivity contribution in [2.75, 3.05) is 23.7 Å². The molecule has 0 bridgehead atoms. The van der Waals surface area contributed by atoms with Crippen molar-refractivity contribution in [3.63, 3.8) is 0 Å². The third-order valence-corrected chi connectivity index (χ3v) is 8.36. The fourth-order valence-corrected chi connectivity index (χ4v) is 5.45. The Labute approximate surface area is 247 Å². The second kappa shape index (κ2) is 14.6. The number of unbranched alkanes of at least 4 members (excludes halogenated alkanes) is 1. The van der Waals surface area contributed by atoms with Gasteiger partial charge in [-0.05, 0) is 53.9 Å². The normalized spacial score (nSPS) is 12.0. The summed E-state index contributed by atoms with van der Waals surface area (Å²) >= 11 is 6.80. The maximum Gasteiger partial charge on any atom is 0.244 e. The maximum absolute atomic E-state index is 14.0. The first kappa shape index (κ1) is 30.8. The molecule has 0 aromatic heterocycles. The highest BCUT2D eigenvalue weighted by atomic mass is 79.9. The van der Waals surface area contributed by atoms with Gasteiger partial charge >= 0.3 is 0 Å². The van der Waals surface area contributed by atoms with Crippen LogP contribution in [0.25, 0.3) is 0 Å². The Morgan fingerprint density at radius 3 is 2.03 bits per heavy atom. The van der Waals surface area contributed by atoms with Gasteiger partial charge in [0.2, 0.25) is 21.8 Å². The molecule has 0 saturated carbocycles. The molecule has 7 nitrogen and oxygen atoms in total. The number of rotatable bonds is 13. The van der Waals surface area contributed by atoms with Crippen LogP contribution in [-0.2, 0) is 32.6 Å². The van der Waals surface area contributed by atoms with Crippen molar-refractivity contribution in [3.05, 3.63) is 98.9 Å². The Balaban J connectivity index is 2.01. The number of hydrogen-bond acceptors (Lipinski definition) is 4. The summed E-state index contributed by atoms with van der Waals surface area (Å²) in [5.41, 5.74) is 2.08. The predicted molar refractivity (Wildman–Crippen MR) is 163 cm³/mol. The molecule has 10 heteroatoms. The van der Waals surface area contributed by atoms with Crippen LogP contribution in [0.4, 0.5) is 5.69 Å². The Kier molecular flexibility index (Phi) is 11.6. The van der Waals surface area contributed by atoms with Crippen LogP contribution in [0.2, 0.25) is 0 Å². The van der Waals surface area contributed by atoms with E-state index in [-0.39, 0.29) is 18.9 Å². The molecule has 208 valence electrons. The molecule has 0 heterocycles. The number of sulfonamides is 1. The molecule has 2 amide bonds. The summed E-state index contributed by atoms with van der Waals surface area (Å²) < 4.78 is 28.3. The van der Waals surface area contributed by atoms with Gasteiger partial charge < -0.3 is 10.2 Å². The smallest absolute Gasteiger partial charge is 0.244 e. The molecule has 0 fully saturated rings. The molecule has 0 unspecified atom stereocenters. The monoisotopic (exact) mass is 677 g/mol.